The molecule has 0 bridgehead atoms. The van der Waals surface area contributed by atoms with Crippen molar-refractivity contribution in [1.29, 1.82) is 0 Å². The lowest BCUT2D eigenvalue weighted by Crippen LogP contribution is -2.12. The highest BCUT2D eigenvalue weighted by molar-refractivity contribution is 5.37. The van der Waals surface area contributed by atoms with Gasteiger partial charge in [-0.15, -0.1) is 0 Å². The number of benzene rings is 2. The molecule has 0 heteroatoms. The Hall–Kier alpha value is -2.00. The van der Waals surface area contributed by atoms with E-state index in [-0.39, 0.29) is 0 Å². The highest BCUT2D eigenvalue weighted by Crippen LogP contribution is 2.35. The lowest BCUT2D eigenvalue weighted by atomic mass is 9.78. The van der Waals surface area contributed by atoms with Crippen molar-refractivity contribution in [1.82, 2.24) is 0 Å². The summed E-state index contributed by atoms with van der Waals surface area (Å²) in [5, 5.41) is 0. The summed E-state index contributed by atoms with van der Waals surface area (Å²) in [7, 11) is 0. The lowest BCUT2D eigenvalue weighted by molar-refractivity contribution is 0.384. The maximum Gasteiger partial charge on any atom is 0.0245 e. The zero-order valence-corrected chi connectivity index (χ0v) is 17.8. The third-order valence-electron chi connectivity index (χ3n) is 6.16. The quantitative estimate of drug-likeness (QED) is 0.345. The van der Waals surface area contributed by atoms with Crippen molar-refractivity contribution in [2.75, 3.05) is 0 Å². The molecule has 28 heavy (non-hydrogen) atoms. The second-order valence-electron chi connectivity index (χ2n) is 8.46. The molecule has 2 aromatic carbocycles. The summed E-state index contributed by atoms with van der Waals surface area (Å²) in [4.78, 5) is 0. The molecule has 0 N–H and O–H groups in total. The Balaban J connectivity index is 1.48. The van der Waals surface area contributed by atoms with Gasteiger partial charge in [-0.2, -0.15) is 0 Å². The molecule has 1 aliphatic rings. The van der Waals surface area contributed by atoms with Crippen LogP contribution in [0.4, 0.5) is 0 Å². The van der Waals surface area contributed by atoms with Crippen molar-refractivity contribution in [2.24, 2.45) is 5.92 Å². The molecule has 0 amide bonds. The predicted octanol–water partition coefficient (Wildman–Crippen LogP) is 7.70. The number of aryl methyl sites for hydroxylation is 2. The molecule has 1 fully saturated rings. The van der Waals surface area contributed by atoms with Crippen LogP contribution < -0.4 is 0 Å². The first-order valence-corrected chi connectivity index (χ1v) is 11.5. The van der Waals surface area contributed by atoms with E-state index < -0.39 is 0 Å². The van der Waals surface area contributed by atoms with E-state index in [0.29, 0.717) is 5.92 Å². The molecule has 1 saturated carbocycles. The number of hydrogen-bond donors (Lipinski definition) is 0. The second-order valence-corrected chi connectivity index (χ2v) is 8.46. The SMILES string of the molecule is CCCCCc1ccc([C@H]2CC[C@H](C#Cc3ccc(CCC)cc3)CC2)cc1. The van der Waals surface area contributed by atoms with Crippen molar-refractivity contribution in [3.8, 4) is 11.8 Å². The minimum atomic E-state index is 0.569. The van der Waals surface area contributed by atoms with Gasteiger partial charge in [0.1, 0.15) is 0 Å². The lowest BCUT2D eigenvalue weighted by Gasteiger charge is -2.26. The Morgan fingerprint density at radius 2 is 1.36 bits per heavy atom. The van der Waals surface area contributed by atoms with Crippen LogP contribution in [0.1, 0.15) is 93.4 Å². The van der Waals surface area contributed by atoms with Gasteiger partial charge in [-0.3, -0.25) is 0 Å². The molecule has 0 nitrogen and oxygen atoms in total. The van der Waals surface area contributed by atoms with Gasteiger partial charge in [0.2, 0.25) is 0 Å². The molecule has 1 aliphatic carbocycles. The molecule has 2 aromatic rings. The molecule has 0 aliphatic heterocycles. The standard InChI is InChI=1S/C28H36/c1-3-5-6-8-24-15-19-27(20-16-24)28-21-17-26(18-22-28)14-13-25-11-9-23(7-4-2)10-12-25/h9-12,15-16,19-20,26,28H,3-8,17-18,21-22H2,1-2H3/t26-,28-. The number of rotatable bonds is 7. The molecule has 0 saturated heterocycles. The maximum absolute atomic E-state index is 3.55. The first-order valence-electron chi connectivity index (χ1n) is 11.5. The highest BCUT2D eigenvalue weighted by Gasteiger charge is 2.21. The zero-order chi connectivity index (χ0) is 19.6. The average Bonchev–Trinajstić information content (AvgIpc) is 2.75. The van der Waals surface area contributed by atoms with Gasteiger partial charge in [0.25, 0.3) is 0 Å². The number of unbranched alkanes of at least 4 members (excludes halogenated alkanes) is 2. The first kappa shape index (κ1) is 20.7. The van der Waals surface area contributed by atoms with Crippen molar-refractivity contribution in [3.63, 3.8) is 0 Å². The van der Waals surface area contributed by atoms with Crippen molar-refractivity contribution in [3.05, 3.63) is 70.8 Å². The molecule has 148 valence electrons. The molecule has 0 spiro atoms. The normalized spacial score (nSPS) is 19.1. The van der Waals surface area contributed by atoms with Crippen LogP contribution in [-0.2, 0) is 12.8 Å². The summed E-state index contributed by atoms with van der Waals surface area (Å²) in [6.07, 6.45) is 12.6. The van der Waals surface area contributed by atoms with Crippen LogP contribution in [0.25, 0.3) is 0 Å². The maximum atomic E-state index is 3.55. The van der Waals surface area contributed by atoms with Gasteiger partial charge in [-0.25, -0.2) is 0 Å². The van der Waals surface area contributed by atoms with Gasteiger partial charge in [-0.1, -0.05) is 81.3 Å². The summed E-state index contributed by atoms with van der Waals surface area (Å²) in [5.41, 5.74) is 5.63. The van der Waals surface area contributed by atoms with Crippen LogP contribution in [0.15, 0.2) is 48.5 Å². The monoisotopic (exact) mass is 372 g/mol. The third-order valence-corrected chi connectivity index (χ3v) is 6.16. The van der Waals surface area contributed by atoms with Gasteiger partial charge in [-0.05, 0) is 79.7 Å². The molecule has 0 unspecified atom stereocenters. The minimum Gasteiger partial charge on any atom is -0.0945 e. The minimum absolute atomic E-state index is 0.569. The van der Waals surface area contributed by atoms with Gasteiger partial charge < -0.3 is 0 Å². The fraction of sp³-hybridized carbons (Fsp3) is 0.500. The second kappa shape index (κ2) is 11.1. The summed E-state index contributed by atoms with van der Waals surface area (Å²) in [5.74, 6) is 8.27. The van der Waals surface area contributed by atoms with Crippen LogP contribution in [0.3, 0.4) is 0 Å². The summed E-state index contributed by atoms with van der Waals surface area (Å²) in [6.45, 7) is 4.50. The van der Waals surface area contributed by atoms with E-state index in [1.54, 1.807) is 0 Å². The molecular formula is C28H36. The van der Waals surface area contributed by atoms with Crippen LogP contribution >= 0.6 is 0 Å². The molecule has 0 atom stereocenters. The van der Waals surface area contributed by atoms with Crippen LogP contribution in [-0.4, -0.2) is 0 Å². The Bertz CT molecular complexity index is 746. The summed E-state index contributed by atoms with van der Waals surface area (Å²) >= 11 is 0. The molecule has 0 radical (unpaired) electrons. The first-order chi connectivity index (χ1) is 13.8. The van der Waals surface area contributed by atoms with Crippen molar-refractivity contribution >= 4 is 0 Å². The smallest absolute Gasteiger partial charge is 0.0245 e. The molecule has 0 aromatic heterocycles. The summed E-state index contributed by atoms with van der Waals surface area (Å²) in [6, 6.07) is 18.3. The van der Waals surface area contributed by atoms with E-state index in [1.165, 1.54) is 80.0 Å². The van der Waals surface area contributed by atoms with E-state index in [1.807, 2.05) is 0 Å². The van der Waals surface area contributed by atoms with Gasteiger partial charge in [0.05, 0.1) is 0 Å². The van der Waals surface area contributed by atoms with Crippen LogP contribution in [0, 0.1) is 17.8 Å². The molecule has 0 heterocycles. The van der Waals surface area contributed by atoms with Crippen LogP contribution in [0.2, 0.25) is 0 Å². The fourth-order valence-electron chi connectivity index (χ4n) is 4.34. The largest absolute Gasteiger partial charge is 0.0945 e. The van der Waals surface area contributed by atoms with Crippen molar-refractivity contribution in [2.45, 2.75) is 84.0 Å². The van der Waals surface area contributed by atoms with Gasteiger partial charge in [0, 0.05) is 11.5 Å². The van der Waals surface area contributed by atoms with E-state index >= 15 is 0 Å². The summed E-state index contributed by atoms with van der Waals surface area (Å²) < 4.78 is 0. The third kappa shape index (κ3) is 6.27. The Morgan fingerprint density at radius 3 is 2.00 bits per heavy atom. The topological polar surface area (TPSA) is 0 Å². The zero-order valence-electron chi connectivity index (χ0n) is 17.8. The Morgan fingerprint density at radius 1 is 0.714 bits per heavy atom. The Kier molecular flexibility index (Phi) is 8.23. The average molecular weight is 373 g/mol. The van der Waals surface area contributed by atoms with Crippen molar-refractivity contribution < 1.29 is 0 Å². The van der Waals surface area contributed by atoms with Crippen LogP contribution in [0.5, 0.6) is 0 Å². The van der Waals surface area contributed by atoms with E-state index in [4.69, 9.17) is 0 Å². The van der Waals surface area contributed by atoms with E-state index in [2.05, 4.69) is 74.2 Å². The molecule has 3 rings (SSSR count). The van der Waals surface area contributed by atoms with E-state index in [0.717, 1.165) is 12.3 Å². The van der Waals surface area contributed by atoms with E-state index in [9.17, 15) is 0 Å². The molecular weight excluding hydrogens is 336 g/mol. The Labute approximate surface area is 172 Å². The highest BCUT2D eigenvalue weighted by atomic mass is 14.2. The fourth-order valence-corrected chi connectivity index (χ4v) is 4.34. The van der Waals surface area contributed by atoms with Gasteiger partial charge >= 0.3 is 0 Å². The number of hydrogen-bond acceptors (Lipinski definition) is 0. The predicted molar refractivity (Wildman–Crippen MR) is 122 cm³/mol. The van der Waals surface area contributed by atoms with Gasteiger partial charge in [0.15, 0.2) is 0 Å².